The van der Waals surface area contributed by atoms with Crippen molar-refractivity contribution in [3.05, 3.63) is 99.5 Å². The summed E-state index contributed by atoms with van der Waals surface area (Å²) in [5.41, 5.74) is 2.89. The average molecular weight is 530 g/mol. The minimum absolute atomic E-state index is 0.130. The number of thioether (sulfide) groups is 1. The first kappa shape index (κ1) is 27.1. The van der Waals surface area contributed by atoms with Gasteiger partial charge in [-0.05, 0) is 48.7 Å². The molecule has 184 valence electrons. The van der Waals surface area contributed by atoms with E-state index in [-0.39, 0.29) is 24.1 Å². The van der Waals surface area contributed by atoms with E-state index in [0.29, 0.717) is 23.0 Å². The van der Waals surface area contributed by atoms with Crippen molar-refractivity contribution in [1.29, 1.82) is 0 Å². The second-order valence-corrected chi connectivity index (χ2v) is 10.2. The van der Waals surface area contributed by atoms with E-state index < -0.39 is 6.04 Å². The highest BCUT2D eigenvalue weighted by molar-refractivity contribution is 8.00. The molecule has 3 rings (SSSR count). The van der Waals surface area contributed by atoms with E-state index >= 15 is 0 Å². The quantitative estimate of drug-likeness (QED) is 0.286. The van der Waals surface area contributed by atoms with Gasteiger partial charge < -0.3 is 10.2 Å². The molecule has 0 radical (unpaired) electrons. The van der Waals surface area contributed by atoms with Crippen LogP contribution in [0.2, 0.25) is 10.0 Å². The van der Waals surface area contributed by atoms with Crippen LogP contribution in [0.5, 0.6) is 0 Å². The highest BCUT2D eigenvalue weighted by atomic mass is 35.5. The van der Waals surface area contributed by atoms with E-state index in [9.17, 15) is 9.59 Å². The highest BCUT2D eigenvalue weighted by Gasteiger charge is 2.30. The molecule has 0 saturated heterocycles. The summed E-state index contributed by atoms with van der Waals surface area (Å²) in [5, 5.41) is 3.97. The molecule has 0 fully saturated rings. The molecule has 3 aromatic rings. The Labute approximate surface area is 222 Å². The number of aryl methyl sites for hydroxylation is 1. The summed E-state index contributed by atoms with van der Waals surface area (Å²) in [6, 6.07) is 22.3. The second kappa shape index (κ2) is 13.6. The van der Waals surface area contributed by atoms with Crippen LogP contribution in [0.4, 0.5) is 0 Å². The van der Waals surface area contributed by atoms with E-state index in [4.69, 9.17) is 23.2 Å². The summed E-state index contributed by atoms with van der Waals surface area (Å²) in [5.74, 6) is -0.0932. The lowest BCUT2D eigenvalue weighted by Crippen LogP contribution is -2.51. The van der Waals surface area contributed by atoms with Crippen molar-refractivity contribution in [2.24, 2.45) is 0 Å². The molecule has 0 aliphatic heterocycles. The van der Waals surface area contributed by atoms with Crippen LogP contribution in [0.1, 0.15) is 30.0 Å². The van der Waals surface area contributed by atoms with Crippen molar-refractivity contribution in [3.63, 3.8) is 0 Å². The van der Waals surface area contributed by atoms with Crippen LogP contribution in [0, 0.1) is 6.92 Å². The van der Waals surface area contributed by atoms with Gasteiger partial charge in [-0.15, -0.1) is 11.8 Å². The van der Waals surface area contributed by atoms with E-state index in [1.54, 1.807) is 17.0 Å². The molecule has 1 N–H and O–H groups in total. The third-order valence-corrected chi connectivity index (χ3v) is 7.14. The van der Waals surface area contributed by atoms with E-state index in [2.05, 4.69) is 5.32 Å². The highest BCUT2D eigenvalue weighted by Crippen LogP contribution is 2.26. The monoisotopic (exact) mass is 528 g/mol. The molecule has 0 bridgehead atoms. The molecule has 4 nitrogen and oxygen atoms in total. The van der Waals surface area contributed by atoms with Gasteiger partial charge in [0.2, 0.25) is 11.8 Å². The first-order valence-electron chi connectivity index (χ1n) is 11.6. The number of amides is 2. The molecule has 7 heteroatoms. The Morgan fingerprint density at radius 3 is 2.37 bits per heavy atom. The lowest BCUT2D eigenvalue weighted by Gasteiger charge is -2.32. The molecule has 0 aromatic heterocycles. The maximum atomic E-state index is 13.6. The van der Waals surface area contributed by atoms with Gasteiger partial charge in [-0.1, -0.05) is 84.2 Å². The first-order chi connectivity index (χ1) is 16.9. The normalized spacial score (nSPS) is 11.7. The minimum atomic E-state index is -0.679. The van der Waals surface area contributed by atoms with E-state index in [1.807, 2.05) is 74.5 Å². The van der Waals surface area contributed by atoms with Gasteiger partial charge in [0.1, 0.15) is 6.04 Å². The number of rotatable bonds is 11. The molecule has 0 spiro atoms. The second-order valence-electron chi connectivity index (χ2n) is 8.36. The number of carbonyl (C=O) groups excluding carboxylic acids is 2. The molecule has 0 saturated carbocycles. The predicted molar refractivity (Wildman–Crippen MR) is 146 cm³/mol. The van der Waals surface area contributed by atoms with Gasteiger partial charge in [0.15, 0.2) is 0 Å². The van der Waals surface area contributed by atoms with Crippen LogP contribution in [0.15, 0.2) is 77.7 Å². The smallest absolute Gasteiger partial charge is 0.243 e. The Kier molecular flexibility index (Phi) is 10.5. The zero-order valence-corrected chi connectivity index (χ0v) is 22.3. The van der Waals surface area contributed by atoms with Gasteiger partial charge in [-0.25, -0.2) is 0 Å². The number of halogens is 2. The maximum absolute atomic E-state index is 13.6. The van der Waals surface area contributed by atoms with Gasteiger partial charge in [0, 0.05) is 34.5 Å². The fourth-order valence-electron chi connectivity index (χ4n) is 3.62. The molecule has 0 aliphatic carbocycles. The molecule has 3 aromatic carbocycles. The number of nitrogens with zero attached hydrogens (tertiary/aromatic N) is 1. The standard InChI is InChI=1S/C28H30Cl2N2O2S/c1-3-15-31-28(34)26(16-21-7-5-4-6-8-21)32(18-22-11-12-23(29)17-25(22)30)27(33)19-35-24-13-9-20(2)10-14-24/h4-14,17,26H,3,15-16,18-19H2,1-2H3,(H,31,34)/t26-/m0/s1. The number of nitrogens with one attached hydrogen (secondary N) is 1. The van der Waals surface area contributed by atoms with Gasteiger partial charge in [-0.2, -0.15) is 0 Å². The molecule has 0 unspecified atom stereocenters. The minimum Gasteiger partial charge on any atom is -0.354 e. The zero-order chi connectivity index (χ0) is 25.2. The number of hydrogen-bond acceptors (Lipinski definition) is 3. The van der Waals surface area contributed by atoms with Crippen LogP contribution in [-0.2, 0) is 22.6 Å². The van der Waals surface area contributed by atoms with Crippen LogP contribution >= 0.6 is 35.0 Å². The summed E-state index contributed by atoms with van der Waals surface area (Å²) < 4.78 is 0. The van der Waals surface area contributed by atoms with E-state index in [0.717, 1.165) is 28.0 Å². The van der Waals surface area contributed by atoms with Crippen LogP contribution in [-0.4, -0.2) is 35.1 Å². The molecule has 1 atom stereocenters. The Hall–Kier alpha value is -2.47. The van der Waals surface area contributed by atoms with Crippen molar-refractivity contribution < 1.29 is 9.59 Å². The number of benzene rings is 3. The molecule has 0 aliphatic rings. The topological polar surface area (TPSA) is 49.4 Å². The summed E-state index contributed by atoms with van der Waals surface area (Å²) >= 11 is 14.0. The van der Waals surface area contributed by atoms with E-state index in [1.165, 1.54) is 11.8 Å². The van der Waals surface area contributed by atoms with Crippen LogP contribution in [0.3, 0.4) is 0 Å². The largest absolute Gasteiger partial charge is 0.354 e. The van der Waals surface area contributed by atoms with Crippen molar-refractivity contribution >= 4 is 46.8 Å². The van der Waals surface area contributed by atoms with Crippen molar-refractivity contribution in [1.82, 2.24) is 10.2 Å². The first-order valence-corrected chi connectivity index (χ1v) is 13.4. The fourth-order valence-corrected chi connectivity index (χ4v) is 4.87. The summed E-state index contributed by atoms with van der Waals surface area (Å²) in [6.07, 6.45) is 1.21. The van der Waals surface area contributed by atoms with Crippen LogP contribution in [0.25, 0.3) is 0 Å². The Bertz CT molecular complexity index is 1120. The lowest BCUT2D eigenvalue weighted by molar-refractivity contribution is -0.139. The van der Waals surface area contributed by atoms with Gasteiger partial charge in [0.05, 0.1) is 5.75 Å². The van der Waals surface area contributed by atoms with Gasteiger partial charge >= 0.3 is 0 Å². The fraction of sp³-hybridized carbons (Fsp3) is 0.286. The SMILES string of the molecule is CCCNC(=O)[C@H](Cc1ccccc1)N(Cc1ccc(Cl)cc1Cl)C(=O)CSc1ccc(C)cc1. The summed E-state index contributed by atoms with van der Waals surface area (Å²) in [7, 11) is 0. The number of hydrogen-bond donors (Lipinski definition) is 1. The van der Waals surface area contributed by atoms with Crippen LogP contribution < -0.4 is 5.32 Å². The Balaban J connectivity index is 1.91. The molecule has 35 heavy (non-hydrogen) atoms. The summed E-state index contributed by atoms with van der Waals surface area (Å²) in [6.45, 7) is 4.79. The molecule has 2 amide bonds. The van der Waals surface area contributed by atoms with Crippen molar-refractivity contribution in [2.45, 2.75) is 44.2 Å². The molecular weight excluding hydrogens is 499 g/mol. The Morgan fingerprint density at radius 1 is 1.00 bits per heavy atom. The van der Waals surface area contributed by atoms with Crippen molar-refractivity contribution in [2.75, 3.05) is 12.3 Å². The van der Waals surface area contributed by atoms with Crippen molar-refractivity contribution in [3.8, 4) is 0 Å². The number of carbonyl (C=O) groups is 2. The van der Waals surface area contributed by atoms with Gasteiger partial charge in [0.25, 0.3) is 0 Å². The predicted octanol–water partition coefficient (Wildman–Crippen LogP) is 6.56. The maximum Gasteiger partial charge on any atom is 0.243 e. The zero-order valence-electron chi connectivity index (χ0n) is 20.0. The summed E-state index contributed by atoms with van der Waals surface area (Å²) in [4.78, 5) is 29.6. The lowest BCUT2D eigenvalue weighted by atomic mass is 10.0. The third kappa shape index (κ3) is 8.31. The average Bonchev–Trinajstić information content (AvgIpc) is 2.86. The third-order valence-electron chi connectivity index (χ3n) is 5.56. The molecule has 0 heterocycles. The molecular formula is C28H30Cl2N2O2S. The van der Waals surface area contributed by atoms with Gasteiger partial charge in [-0.3, -0.25) is 9.59 Å². The Morgan fingerprint density at radius 2 is 1.71 bits per heavy atom.